The zero-order valence-electron chi connectivity index (χ0n) is 14.7. The number of hydrogen-bond donors (Lipinski definition) is 1. The highest BCUT2D eigenvalue weighted by Crippen LogP contribution is 2.29. The van der Waals surface area contributed by atoms with Gasteiger partial charge < -0.3 is 10.1 Å². The molecule has 0 bridgehead atoms. The predicted molar refractivity (Wildman–Crippen MR) is 106 cm³/mol. The number of anilines is 1. The SMILES string of the molecule is O=C(Nc1nc2cc(Cl)ccc2s1)C1CCCCN1CC1CCOCC1. The van der Waals surface area contributed by atoms with Gasteiger partial charge in [0.15, 0.2) is 5.13 Å². The Balaban J connectivity index is 1.43. The number of rotatable bonds is 4. The van der Waals surface area contributed by atoms with Gasteiger partial charge in [-0.15, -0.1) is 0 Å². The summed E-state index contributed by atoms with van der Waals surface area (Å²) in [5, 5.41) is 4.37. The molecule has 1 aromatic heterocycles. The maximum Gasteiger partial charge on any atom is 0.243 e. The molecule has 26 heavy (non-hydrogen) atoms. The van der Waals surface area contributed by atoms with Crippen LogP contribution in [-0.2, 0) is 9.53 Å². The Bertz CT molecular complexity index is 775. The number of halogens is 1. The van der Waals surface area contributed by atoms with Crippen LogP contribution in [0.25, 0.3) is 10.2 Å². The molecule has 1 unspecified atom stereocenters. The number of piperidine rings is 1. The van der Waals surface area contributed by atoms with Crippen molar-refractivity contribution in [1.29, 1.82) is 0 Å². The van der Waals surface area contributed by atoms with Gasteiger partial charge in [-0.25, -0.2) is 4.98 Å². The lowest BCUT2D eigenvalue weighted by Gasteiger charge is -2.37. The average Bonchev–Trinajstić information content (AvgIpc) is 3.04. The van der Waals surface area contributed by atoms with E-state index in [4.69, 9.17) is 16.3 Å². The van der Waals surface area contributed by atoms with Crippen LogP contribution in [0.15, 0.2) is 18.2 Å². The molecule has 140 valence electrons. The molecule has 1 aromatic carbocycles. The molecule has 1 atom stereocenters. The molecule has 2 aliphatic heterocycles. The second-order valence-electron chi connectivity index (χ2n) is 7.18. The lowest BCUT2D eigenvalue weighted by molar-refractivity contribution is -0.122. The highest BCUT2D eigenvalue weighted by Gasteiger charge is 2.31. The van der Waals surface area contributed by atoms with Crippen LogP contribution in [0.2, 0.25) is 5.02 Å². The molecule has 2 fully saturated rings. The topological polar surface area (TPSA) is 54.5 Å². The van der Waals surface area contributed by atoms with Crippen molar-refractivity contribution in [3.05, 3.63) is 23.2 Å². The molecule has 0 spiro atoms. The first-order valence-corrected chi connectivity index (χ1v) is 10.6. The summed E-state index contributed by atoms with van der Waals surface area (Å²) in [4.78, 5) is 19.8. The van der Waals surface area contributed by atoms with Gasteiger partial charge in [-0.2, -0.15) is 0 Å². The summed E-state index contributed by atoms with van der Waals surface area (Å²) < 4.78 is 6.50. The van der Waals surface area contributed by atoms with Crippen molar-refractivity contribution < 1.29 is 9.53 Å². The summed E-state index contributed by atoms with van der Waals surface area (Å²) >= 11 is 7.53. The number of likely N-dealkylation sites (tertiary alicyclic amines) is 1. The van der Waals surface area contributed by atoms with Crippen LogP contribution in [0, 0.1) is 5.92 Å². The Morgan fingerprint density at radius 2 is 2.15 bits per heavy atom. The Morgan fingerprint density at radius 3 is 3.00 bits per heavy atom. The summed E-state index contributed by atoms with van der Waals surface area (Å²) in [7, 11) is 0. The Labute approximate surface area is 162 Å². The highest BCUT2D eigenvalue weighted by atomic mass is 35.5. The van der Waals surface area contributed by atoms with E-state index >= 15 is 0 Å². The number of fused-ring (bicyclic) bond motifs is 1. The molecule has 0 aliphatic carbocycles. The number of nitrogens with one attached hydrogen (secondary N) is 1. The molecule has 5 nitrogen and oxygen atoms in total. The molecule has 2 aromatic rings. The fourth-order valence-electron chi connectivity index (χ4n) is 3.91. The molecule has 4 rings (SSSR count). The zero-order valence-corrected chi connectivity index (χ0v) is 16.3. The lowest BCUT2D eigenvalue weighted by atomic mass is 9.95. The summed E-state index contributed by atoms with van der Waals surface area (Å²) in [5.74, 6) is 0.712. The second kappa shape index (κ2) is 8.21. The number of aromatic nitrogens is 1. The minimum atomic E-state index is -0.0535. The molecular weight excluding hydrogens is 370 g/mol. The van der Waals surface area contributed by atoms with Gasteiger partial charge in [0.05, 0.1) is 16.3 Å². The Kier molecular flexibility index (Phi) is 5.74. The van der Waals surface area contributed by atoms with Crippen molar-refractivity contribution in [3.8, 4) is 0 Å². The number of hydrogen-bond acceptors (Lipinski definition) is 5. The van der Waals surface area contributed by atoms with Crippen LogP contribution in [0.1, 0.15) is 32.1 Å². The van der Waals surface area contributed by atoms with Crippen molar-refractivity contribution >= 4 is 44.2 Å². The van der Waals surface area contributed by atoms with Gasteiger partial charge in [-0.1, -0.05) is 29.4 Å². The molecule has 2 saturated heterocycles. The molecule has 0 saturated carbocycles. The Morgan fingerprint density at radius 1 is 1.31 bits per heavy atom. The molecule has 2 aliphatic rings. The van der Waals surface area contributed by atoms with Gasteiger partial charge in [0, 0.05) is 24.8 Å². The van der Waals surface area contributed by atoms with Gasteiger partial charge in [-0.05, 0) is 56.3 Å². The smallest absolute Gasteiger partial charge is 0.243 e. The summed E-state index contributed by atoms with van der Waals surface area (Å²) in [6.07, 6.45) is 5.41. The van der Waals surface area contributed by atoms with E-state index in [-0.39, 0.29) is 11.9 Å². The zero-order chi connectivity index (χ0) is 17.9. The second-order valence-corrected chi connectivity index (χ2v) is 8.65. The number of benzene rings is 1. The van der Waals surface area contributed by atoms with Crippen molar-refractivity contribution in [2.45, 2.75) is 38.1 Å². The van der Waals surface area contributed by atoms with Crippen LogP contribution >= 0.6 is 22.9 Å². The van der Waals surface area contributed by atoms with Gasteiger partial charge in [0.2, 0.25) is 5.91 Å². The first kappa shape index (κ1) is 18.2. The number of thiazole rings is 1. The molecule has 1 amide bonds. The third kappa shape index (κ3) is 4.19. The normalized spacial score (nSPS) is 22.6. The first-order valence-electron chi connectivity index (χ1n) is 9.38. The largest absolute Gasteiger partial charge is 0.381 e. The molecule has 7 heteroatoms. The monoisotopic (exact) mass is 393 g/mol. The minimum Gasteiger partial charge on any atom is -0.381 e. The van der Waals surface area contributed by atoms with E-state index in [9.17, 15) is 4.79 Å². The summed E-state index contributed by atoms with van der Waals surface area (Å²) in [6.45, 7) is 3.70. The van der Waals surface area contributed by atoms with Crippen LogP contribution in [0.3, 0.4) is 0 Å². The molecule has 1 N–H and O–H groups in total. The number of amides is 1. The highest BCUT2D eigenvalue weighted by molar-refractivity contribution is 7.22. The number of ether oxygens (including phenoxy) is 1. The van der Waals surface area contributed by atoms with Gasteiger partial charge in [0.25, 0.3) is 0 Å². The van der Waals surface area contributed by atoms with E-state index in [0.717, 1.165) is 62.2 Å². The number of carbonyl (C=O) groups excluding carboxylic acids is 1. The Hall–Kier alpha value is -1.21. The van der Waals surface area contributed by atoms with Gasteiger partial charge in [0.1, 0.15) is 0 Å². The third-order valence-electron chi connectivity index (χ3n) is 5.33. The molecular formula is C19H24ClN3O2S. The van der Waals surface area contributed by atoms with Crippen molar-refractivity contribution in [3.63, 3.8) is 0 Å². The number of nitrogens with zero attached hydrogens (tertiary/aromatic N) is 2. The van der Waals surface area contributed by atoms with Gasteiger partial charge >= 0.3 is 0 Å². The van der Waals surface area contributed by atoms with Crippen LogP contribution in [0.4, 0.5) is 5.13 Å². The standard InChI is InChI=1S/C19H24ClN3O2S/c20-14-4-5-17-15(11-14)21-19(26-17)22-18(24)16-3-1-2-8-23(16)12-13-6-9-25-10-7-13/h4-5,11,13,16H,1-3,6-10,12H2,(H,21,22,24). The van der Waals surface area contributed by atoms with E-state index in [1.54, 1.807) is 0 Å². The van der Waals surface area contributed by atoms with Crippen molar-refractivity contribution in [2.24, 2.45) is 5.92 Å². The van der Waals surface area contributed by atoms with E-state index < -0.39 is 0 Å². The minimum absolute atomic E-state index is 0.0535. The quantitative estimate of drug-likeness (QED) is 0.846. The predicted octanol–water partition coefficient (Wildman–Crippen LogP) is 4.17. The lowest BCUT2D eigenvalue weighted by Crippen LogP contribution is -2.49. The van der Waals surface area contributed by atoms with E-state index in [0.29, 0.717) is 16.1 Å². The van der Waals surface area contributed by atoms with E-state index in [1.165, 1.54) is 17.8 Å². The van der Waals surface area contributed by atoms with Crippen LogP contribution in [-0.4, -0.2) is 48.1 Å². The molecule has 0 radical (unpaired) electrons. The fraction of sp³-hybridized carbons (Fsp3) is 0.579. The van der Waals surface area contributed by atoms with Crippen LogP contribution < -0.4 is 5.32 Å². The maximum absolute atomic E-state index is 12.9. The fourth-order valence-corrected chi connectivity index (χ4v) is 4.93. The maximum atomic E-state index is 12.9. The van der Waals surface area contributed by atoms with Crippen molar-refractivity contribution in [2.75, 3.05) is 31.6 Å². The first-order chi connectivity index (χ1) is 12.7. The average molecular weight is 394 g/mol. The van der Waals surface area contributed by atoms with E-state index in [2.05, 4.69) is 15.2 Å². The van der Waals surface area contributed by atoms with Crippen molar-refractivity contribution in [1.82, 2.24) is 9.88 Å². The third-order valence-corrected chi connectivity index (χ3v) is 6.52. The van der Waals surface area contributed by atoms with E-state index in [1.807, 2.05) is 18.2 Å². The van der Waals surface area contributed by atoms with Gasteiger partial charge in [-0.3, -0.25) is 9.69 Å². The molecule has 3 heterocycles. The number of carbonyl (C=O) groups is 1. The van der Waals surface area contributed by atoms with Crippen LogP contribution in [0.5, 0.6) is 0 Å². The summed E-state index contributed by atoms with van der Waals surface area (Å²) in [6, 6.07) is 5.58. The summed E-state index contributed by atoms with van der Waals surface area (Å²) in [5.41, 5.74) is 0.834.